The summed E-state index contributed by atoms with van der Waals surface area (Å²) < 4.78 is 6.83. The normalized spacial score (nSPS) is 12.7. The number of nitrogens with one attached hydrogen (secondary N) is 1. The van der Waals surface area contributed by atoms with Crippen molar-refractivity contribution in [1.29, 1.82) is 0 Å². The maximum Gasteiger partial charge on any atom is 0.236 e. The van der Waals surface area contributed by atoms with Crippen LogP contribution in [-0.4, -0.2) is 17.0 Å². The van der Waals surface area contributed by atoms with Gasteiger partial charge < -0.3 is 9.32 Å². The van der Waals surface area contributed by atoms with Crippen LogP contribution in [-0.2, 0) is 13.1 Å². The Balaban J connectivity index is 1.44. The lowest BCUT2D eigenvalue weighted by molar-refractivity contribution is -0.908. The van der Waals surface area contributed by atoms with E-state index in [1.165, 1.54) is 9.60 Å². The highest BCUT2D eigenvalue weighted by atomic mass is 32.1. The number of benzene rings is 1. The number of quaternary nitrogens is 1. The molecule has 6 heteroatoms. The van der Waals surface area contributed by atoms with Gasteiger partial charge in [0, 0.05) is 0 Å². The summed E-state index contributed by atoms with van der Waals surface area (Å²) in [6, 6.07) is 12.3. The Labute approximate surface area is 142 Å². The molecule has 1 aromatic carbocycles. The molecule has 0 radical (unpaired) electrons. The van der Waals surface area contributed by atoms with E-state index in [-0.39, 0.29) is 0 Å². The molecule has 3 heterocycles. The first-order valence-electron chi connectivity index (χ1n) is 7.42. The first-order valence-corrected chi connectivity index (χ1v) is 9.11. The molecule has 4 aromatic rings. The predicted octanol–water partition coefficient (Wildman–Crippen LogP) is 3.23. The van der Waals surface area contributed by atoms with Crippen molar-refractivity contribution in [3.05, 3.63) is 58.7 Å². The summed E-state index contributed by atoms with van der Waals surface area (Å²) in [5.74, 6) is 0.711. The molecule has 4 nitrogen and oxygen atoms in total. The maximum absolute atomic E-state index is 5.58. The highest BCUT2D eigenvalue weighted by Crippen LogP contribution is 2.23. The van der Waals surface area contributed by atoms with Gasteiger partial charge in [0.05, 0.1) is 22.1 Å². The minimum atomic E-state index is 0.711. The summed E-state index contributed by atoms with van der Waals surface area (Å²) in [4.78, 5) is 11.7. The van der Waals surface area contributed by atoms with Crippen molar-refractivity contribution >= 4 is 32.9 Å². The standard InChI is InChI=1S/C17H15N3OS2/c1-20(10-16-19-13-5-2-3-6-14(13)23-16)9-12-11-21-17(18-12)15-7-4-8-22-15/h2-8,11H,9-10H2,1H3/p+1. The van der Waals surface area contributed by atoms with E-state index in [0.29, 0.717) is 5.89 Å². The van der Waals surface area contributed by atoms with Crippen LogP contribution in [0.1, 0.15) is 10.7 Å². The summed E-state index contributed by atoms with van der Waals surface area (Å²) in [6.07, 6.45) is 1.76. The number of thiophene rings is 1. The minimum absolute atomic E-state index is 0.711. The van der Waals surface area contributed by atoms with Crippen molar-refractivity contribution in [1.82, 2.24) is 9.97 Å². The molecule has 3 aromatic heterocycles. The molecule has 1 atom stereocenters. The molecule has 0 aliphatic heterocycles. The number of oxazole rings is 1. The van der Waals surface area contributed by atoms with E-state index >= 15 is 0 Å². The van der Waals surface area contributed by atoms with Gasteiger partial charge in [-0.25, -0.2) is 9.97 Å². The zero-order valence-corrected chi connectivity index (χ0v) is 14.3. The molecule has 0 spiro atoms. The molecular formula is C17H16N3OS2+. The van der Waals surface area contributed by atoms with E-state index < -0.39 is 0 Å². The van der Waals surface area contributed by atoms with Crippen molar-refractivity contribution in [2.45, 2.75) is 13.1 Å². The zero-order valence-electron chi connectivity index (χ0n) is 12.7. The number of thiazole rings is 1. The second-order valence-corrected chi connectivity index (χ2v) is 7.57. The Morgan fingerprint density at radius 1 is 1.09 bits per heavy atom. The van der Waals surface area contributed by atoms with Crippen molar-refractivity contribution in [2.24, 2.45) is 0 Å². The molecule has 1 unspecified atom stereocenters. The highest BCUT2D eigenvalue weighted by molar-refractivity contribution is 7.18. The van der Waals surface area contributed by atoms with Gasteiger partial charge in [-0.05, 0) is 23.6 Å². The summed E-state index contributed by atoms with van der Waals surface area (Å²) >= 11 is 3.41. The van der Waals surface area contributed by atoms with Crippen molar-refractivity contribution < 1.29 is 9.32 Å². The Bertz CT molecular complexity index is 878. The van der Waals surface area contributed by atoms with E-state index in [9.17, 15) is 0 Å². The average Bonchev–Trinajstić information content (AvgIpc) is 3.26. The van der Waals surface area contributed by atoms with Crippen LogP contribution in [0.5, 0.6) is 0 Å². The quantitative estimate of drug-likeness (QED) is 0.605. The number of hydrogen-bond donors (Lipinski definition) is 1. The molecular weight excluding hydrogens is 326 g/mol. The number of hydrogen-bond acceptors (Lipinski definition) is 5. The minimum Gasteiger partial charge on any atom is -0.443 e. The predicted molar refractivity (Wildman–Crippen MR) is 93.7 cm³/mol. The molecule has 116 valence electrons. The summed E-state index contributed by atoms with van der Waals surface area (Å²) in [5.41, 5.74) is 2.06. The second-order valence-electron chi connectivity index (χ2n) is 5.51. The molecule has 1 N–H and O–H groups in total. The Morgan fingerprint density at radius 3 is 2.83 bits per heavy atom. The first kappa shape index (κ1) is 14.6. The van der Waals surface area contributed by atoms with Crippen LogP contribution in [0.4, 0.5) is 0 Å². The fourth-order valence-electron chi connectivity index (χ4n) is 2.53. The van der Waals surface area contributed by atoms with Crippen LogP contribution in [0.25, 0.3) is 21.0 Å². The molecule has 4 rings (SSSR count). The van der Waals surface area contributed by atoms with E-state index in [0.717, 1.165) is 34.2 Å². The number of fused-ring (bicyclic) bond motifs is 1. The van der Waals surface area contributed by atoms with Gasteiger partial charge in [-0.15, -0.1) is 22.7 Å². The average molecular weight is 342 g/mol. The van der Waals surface area contributed by atoms with Crippen molar-refractivity contribution in [3.63, 3.8) is 0 Å². The van der Waals surface area contributed by atoms with Crippen LogP contribution >= 0.6 is 22.7 Å². The van der Waals surface area contributed by atoms with Crippen LogP contribution in [0, 0.1) is 0 Å². The van der Waals surface area contributed by atoms with Crippen molar-refractivity contribution in [2.75, 3.05) is 7.05 Å². The molecule has 0 aliphatic rings. The largest absolute Gasteiger partial charge is 0.443 e. The maximum atomic E-state index is 5.58. The third kappa shape index (κ3) is 3.19. The monoisotopic (exact) mass is 342 g/mol. The van der Waals surface area contributed by atoms with Gasteiger partial charge in [0.2, 0.25) is 5.89 Å². The third-order valence-electron chi connectivity index (χ3n) is 3.56. The molecule has 0 fully saturated rings. The van der Waals surface area contributed by atoms with Crippen molar-refractivity contribution in [3.8, 4) is 10.8 Å². The van der Waals surface area contributed by atoms with Gasteiger partial charge >= 0.3 is 0 Å². The Morgan fingerprint density at radius 2 is 2.00 bits per heavy atom. The van der Waals surface area contributed by atoms with Gasteiger partial charge in [-0.1, -0.05) is 18.2 Å². The second kappa shape index (κ2) is 6.23. The van der Waals surface area contributed by atoms with Crippen LogP contribution in [0.2, 0.25) is 0 Å². The zero-order chi connectivity index (χ0) is 15.6. The third-order valence-corrected chi connectivity index (χ3v) is 5.45. The lowest BCUT2D eigenvalue weighted by Gasteiger charge is -2.09. The fraction of sp³-hybridized carbons (Fsp3) is 0.176. The summed E-state index contributed by atoms with van der Waals surface area (Å²) in [7, 11) is 2.16. The van der Waals surface area contributed by atoms with E-state index in [4.69, 9.17) is 9.40 Å². The molecule has 0 saturated carbocycles. The number of para-hydroxylation sites is 1. The van der Waals surface area contributed by atoms with Gasteiger partial charge in [-0.3, -0.25) is 0 Å². The number of rotatable bonds is 5. The lowest BCUT2D eigenvalue weighted by atomic mass is 10.3. The smallest absolute Gasteiger partial charge is 0.236 e. The van der Waals surface area contributed by atoms with Gasteiger partial charge in [0.1, 0.15) is 30.1 Å². The Hall–Kier alpha value is -2.02. The molecule has 0 amide bonds. The van der Waals surface area contributed by atoms with E-state index in [2.05, 4.69) is 30.2 Å². The van der Waals surface area contributed by atoms with E-state index in [1.807, 2.05) is 23.6 Å². The van der Waals surface area contributed by atoms with Crippen LogP contribution in [0.3, 0.4) is 0 Å². The first-order chi connectivity index (χ1) is 11.3. The number of aromatic nitrogens is 2. The topological polar surface area (TPSA) is 43.4 Å². The molecule has 0 bridgehead atoms. The Kier molecular flexibility index (Phi) is 3.95. The fourth-order valence-corrected chi connectivity index (χ4v) is 4.26. The highest BCUT2D eigenvalue weighted by Gasteiger charge is 2.13. The molecule has 23 heavy (non-hydrogen) atoms. The summed E-state index contributed by atoms with van der Waals surface area (Å²) in [5, 5.41) is 3.19. The number of nitrogens with zero attached hydrogens (tertiary/aromatic N) is 2. The SMILES string of the molecule is C[NH+](Cc1coc(-c2cccs2)n1)Cc1nc2ccccc2s1. The van der Waals surface area contributed by atoms with Gasteiger partial charge in [0.15, 0.2) is 0 Å². The van der Waals surface area contributed by atoms with Crippen LogP contribution < -0.4 is 4.90 Å². The van der Waals surface area contributed by atoms with Crippen LogP contribution in [0.15, 0.2) is 52.5 Å². The molecule has 0 aliphatic carbocycles. The lowest BCUT2D eigenvalue weighted by Crippen LogP contribution is -3.06. The van der Waals surface area contributed by atoms with E-state index in [1.54, 1.807) is 28.9 Å². The summed E-state index contributed by atoms with van der Waals surface area (Å²) in [6.45, 7) is 1.71. The molecule has 0 saturated heterocycles. The van der Waals surface area contributed by atoms with Gasteiger partial charge in [0.25, 0.3) is 0 Å². The van der Waals surface area contributed by atoms with Gasteiger partial charge in [-0.2, -0.15) is 0 Å².